The van der Waals surface area contributed by atoms with Crippen LogP contribution in [0.3, 0.4) is 0 Å². The Hall–Kier alpha value is -1.08. The Morgan fingerprint density at radius 1 is 1.64 bits per heavy atom. The maximum Gasteiger partial charge on any atom is 0.237 e. The second-order valence-electron chi connectivity index (χ2n) is 3.93. The third kappa shape index (κ3) is 1.88. The number of rotatable bonds is 2. The molecule has 4 nitrogen and oxygen atoms in total. The quantitative estimate of drug-likeness (QED) is 0.692. The van der Waals surface area contributed by atoms with Gasteiger partial charge >= 0.3 is 0 Å². The lowest BCUT2D eigenvalue weighted by Gasteiger charge is -2.25. The number of likely N-dealkylation sites (tertiary alicyclic amines) is 1. The molecule has 0 aromatic rings. The lowest BCUT2D eigenvalue weighted by Crippen LogP contribution is -2.44. The van der Waals surface area contributed by atoms with Crippen molar-refractivity contribution in [2.75, 3.05) is 13.6 Å². The van der Waals surface area contributed by atoms with Crippen LogP contribution in [0.4, 0.5) is 0 Å². The minimum atomic E-state index is -0.235. The molecule has 4 heteroatoms. The smallest absolute Gasteiger partial charge is 0.237 e. The fourth-order valence-corrected chi connectivity index (χ4v) is 1.98. The van der Waals surface area contributed by atoms with Gasteiger partial charge in [0.25, 0.3) is 0 Å². The van der Waals surface area contributed by atoms with E-state index in [2.05, 4.69) is 18.3 Å². The molecule has 1 heterocycles. The predicted octanol–water partition coefficient (Wildman–Crippen LogP) is 0.355. The van der Waals surface area contributed by atoms with E-state index in [4.69, 9.17) is 5.26 Å². The van der Waals surface area contributed by atoms with Crippen LogP contribution in [0.15, 0.2) is 0 Å². The Kier molecular flexibility index (Phi) is 3.48. The highest BCUT2D eigenvalue weighted by atomic mass is 16.2. The van der Waals surface area contributed by atoms with Crippen molar-refractivity contribution in [2.45, 2.75) is 32.4 Å². The summed E-state index contributed by atoms with van der Waals surface area (Å²) < 4.78 is 0. The average Bonchev–Trinajstić information content (AvgIpc) is 2.43. The van der Waals surface area contributed by atoms with Crippen molar-refractivity contribution >= 4 is 5.91 Å². The first-order valence-corrected chi connectivity index (χ1v) is 4.97. The molecule has 1 aliphatic heterocycles. The van der Waals surface area contributed by atoms with E-state index in [1.165, 1.54) is 0 Å². The molecule has 0 saturated carbocycles. The summed E-state index contributed by atoms with van der Waals surface area (Å²) in [6, 6.07) is 2.14. The van der Waals surface area contributed by atoms with Crippen LogP contribution >= 0.6 is 0 Å². The van der Waals surface area contributed by atoms with Crippen molar-refractivity contribution in [1.29, 1.82) is 5.26 Å². The SMILES string of the molecule is CNCC(=O)N1[C@H](C#N)CC(C)[C@@H]1C. The lowest BCUT2D eigenvalue weighted by atomic mass is 10.0. The summed E-state index contributed by atoms with van der Waals surface area (Å²) in [5, 5.41) is 11.7. The monoisotopic (exact) mass is 195 g/mol. The first-order chi connectivity index (χ1) is 6.61. The normalized spacial score (nSPS) is 31.6. The second-order valence-corrected chi connectivity index (χ2v) is 3.93. The number of nitriles is 1. The van der Waals surface area contributed by atoms with Crippen LogP contribution in [0.5, 0.6) is 0 Å². The predicted molar refractivity (Wildman–Crippen MR) is 53.4 cm³/mol. The van der Waals surface area contributed by atoms with Crippen molar-refractivity contribution < 1.29 is 4.79 Å². The number of hydrogen-bond acceptors (Lipinski definition) is 3. The highest BCUT2D eigenvalue weighted by molar-refractivity contribution is 5.79. The van der Waals surface area contributed by atoms with Gasteiger partial charge in [-0.15, -0.1) is 0 Å². The number of nitrogens with zero attached hydrogens (tertiary/aromatic N) is 2. The van der Waals surface area contributed by atoms with Gasteiger partial charge in [0.15, 0.2) is 0 Å². The molecule has 14 heavy (non-hydrogen) atoms. The fraction of sp³-hybridized carbons (Fsp3) is 0.800. The van der Waals surface area contributed by atoms with Gasteiger partial charge in [0.2, 0.25) is 5.91 Å². The first-order valence-electron chi connectivity index (χ1n) is 4.97. The number of likely N-dealkylation sites (N-methyl/N-ethyl adjacent to an activating group) is 1. The highest BCUT2D eigenvalue weighted by Gasteiger charge is 2.38. The van der Waals surface area contributed by atoms with Crippen LogP contribution in [0, 0.1) is 17.2 Å². The van der Waals surface area contributed by atoms with Gasteiger partial charge in [-0.2, -0.15) is 5.26 Å². The zero-order chi connectivity index (χ0) is 10.7. The number of nitrogens with one attached hydrogen (secondary N) is 1. The second kappa shape index (κ2) is 4.43. The van der Waals surface area contributed by atoms with Gasteiger partial charge < -0.3 is 10.2 Å². The summed E-state index contributed by atoms with van der Waals surface area (Å²) in [5.74, 6) is 0.441. The summed E-state index contributed by atoms with van der Waals surface area (Å²) in [4.78, 5) is 13.4. The Balaban J connectivity index is 2.74. The van der Waals surface area contributed by atoms with Crippen LogP contribution in [-0.4, -0.2) is 36.5 Å². The molecule has 1 rings (SSSR count). The van der Waals surface area contributed by atoms with Gasteiger partial charge in [0.05, 0.1) is 12.6 Å². The van der Waals surface area contributed by atoms with Crippen molar-refractivity contribution in [3.05, 3.63) is 0 Å². The van der Waals surface area contributed by atoms with E-state index < -0.39 is 0 Å². The maximum absolute atomic E-state index is 11.7. The van der Waals surface area contributed by atoms with E-state index in [0.29, 0.717) is 12.5 Å². The van der Waals surface area contributed by atoms with Crippen molar-refractivity contribution in [2.24, 2.45) is 5.92 Å². The van der Waals surface area contributed by atoms with Crippen LogP contribution in [0.1, 0.15) is 20.3 Å². The van der Waals surface area contributed by atoms with E-state index in [1.54, 1.807) is 11.9 Å². The van der Waals surface area contributed by atoms with Gasteiger partial charge in [0, 0.05) is 6.04 Å². The van der Waals surface area contributed by atoms with E-state index >= 15 is 0 Å². The van der Waals surface area contributed by atoms with Gasteiger partial charge in [-0.3, -0.25) is 4.79 Å². The molecule has 0 aromatic heterocycles. The zero-order valence-corrected chi connectivity index (χ0v) is 8.95. The molecule has 1 unspecified atom stereocenters. The molecule has 0 radical (unpaired) electrons. The summed E-state index contributed by atoms with van der Waals surface area (Å²) >= 11 is 0. The number of carbonyl (C=O) groups is 1. The molecular formula is C10H17N3O. The molecule has 0 bridgehead atoms. The third-order valence-corrected chi connectivity index (χ3v) is 2.96. The minimum absolute atomic E-state index is 0.0240. The fourth-order valence-electron chi connectivity index (χ4n) is 1.98. The van der Waals surface area contributed by atoms with Gasteiger partial charge in [-0.05, 0) is 26.3 Å². The van der Waals surface area contributed by atoms with E-state index in [1.807, 2.05) is 6.92 Å². The summed E-state index contributed by atoms with van der Waals surface area (Å²) in [7, 11) is 1.74. The molecule has 1 amide bonds. The average molecular weight is 195 g/mol. The Labute approximate surface area is 84.9 Å². The summed E-state index contributed by atoms with van der Waals surface area (Å²) in [6.45, 7) is 4.41. The molecule has 78 valence electrons. The Morgan fingerprint density at radius 3 is 2.79 bits per heavy atom. The molecule has 1 N–H and O–H groups in total. The van der Waals surface area contributed by atoms with E-state index in [-0.39, 0.29) is 18.0 Å². The molecule has 1 saturated heterocycles. The van der Waals surface area contributed by atoms with Gasteiger partial charge in [-0.25, -0.2) is 0 Å². The molecule has 0 aromatic carbocycles. The zero-order valence-electron chi connectivity index (χ0n) is 8.95. The van der Waals surface area contributed by atoms with E-state index in [9.17, 15) is 4.79 Å². The Bertz CT molecular complexity index is 259. The van der Waals surface area contributed by atoms with Crippen molar-refractivity contribution in [3.8, 4) is 6.07 Å². The standard InChI is InChI=1S/C10H17N3O/c1-7-4-9(5-11)13(8(7)2)10(14)6-12-3/h7-9,12H,4,6H2,1-3H3/t7?,8-,9-/m0/s1. The summed E-state index contributed by atoms with van der Waals surface area (Å²) in [5.41, 5.74) is 0. The van der Waals surface area contributed by atoms with Crippen LogP contribution < -0.4 is 5.32 Å². The summed E-state index contributed by atoms with van der Waals surface area (Å²) in [6.07, 6.45) is 0.799. The van der Waals surface area contributed by atoms with Gasteiger partial charge in [0.1, 0.15) is 6.04 Å². The number of carbonyl (C=O) groups excluding carboxylic acids is 1. The topological polar surface area (TPSA) is 56.1 Å². The van der Waals surface area contributed by atoms with Crippen LogP contribution in [-0.2, 0) is 4.79 Å². The van der Waals surface area contributed by atoms with Crippen molar-refractivity contribution in [3.63, 3.8) is 0 Å². The van der Waals surface area contributed by atoms with Crippen molar-refractivity contribution in [1.82, 2.24) is 10.2 Å². The first kappa shape index (κ1) is 11.0. The lowest BCUT2D eigenvalue weighted by molar-refractivity contribution is -0.132. The largest absolute Gasteiger partial charge is 0.323 e. The molecular weight excluding hydrogens is 178 g/mol. The minimum Gasteiger partial charge on any atom is -0.323 e. The number of amides is 1. The van der Waals surface area contributed by atoms with Gasteiger partial charge in [-0.1, -0.05) is 6.92 Å². The Morgan fingerprint density at radius 2 is 2.29 bits per heavy atom. The molecule has 3 atom stereocenters. The highest BCUT2D eigenvalue weighted by Crippen LogP contribution is 2.28. The third-order valence-electron chi connectivity index (χ3n) is 2.96. The molecule has 1 fully saturated rings. The molecule has 0 aliphatic carbocycles. The van der Waals surface area contributed by atoms with E-state index in [0.717, 1.165) is 6.42 Å². The number of hydrogen-bond donors (Lipinski definition) is 1. The molecule has 1 aliphatic rings. The van der Waals surface area contributed by atoms with Crippen LogP contribution in [0.25, 0.3) is 0 Å². The van der Waals surface area contributed by atoms with Crippen LogP contribution in [0.2, 0.25) is 0 Å². The molecule has 0 spiro atoms. The maximum atomic E-state index is 11.7.